The van der Waals surface area contributed by atoms with Gasteiger partial charge in [0, 0.05) is 16.1 Å². The van der Waals surface area contributed by atoms with Gasteiger partial charge in [-0.25, -0.2) is 0 Å². The zero-order chi connectivity index (χ0) is 13.2. The molecule has 7 nitrogen and oxygen atoms in total. The van der Waals surface area contributed by atoms with E-state index in [1.165, 1.54) is 6.07 Å². The van der Waals surface area contributed by atoms with Crippen molar-refractivity contribution < 1.29 is 24.7 Å². The second-order valence-electron chi connectivity index (χ2n) is 3.03. The number of carboxylic acids is 2. The predicted octanol–water partition coefficient (Wildman–Crippen LogP) is -1.06. The highest BCUT2D eigenvalue weighted by molar-refractivity contribution is 9.10. The standard InChI is InChI=1S/C9H6BrNO6/c10-4-1-2-5(6(3-4)11(16)17)7(8(12)13)9(14)15/h1-3,7H,(H,12,13)(H,14,15)/p-2. The van der Waals surface area contributed by atoms with Gasteiger partial charge in [-0.15, -0.1) is 0 Å². The molecule has 90 valence electrons. The van der Waals surface area contributed by atoms with Crippen LogP contribution in [0, 0.1) is 10.1 Å². The summed E-state index contributed by atoms with van der Waals surface area (Å²) in [5.41, 5.74) is -1.11. The van der Waals surface area contributed by atoms with Crippen LogP contribution in [0.3, 0.4) is 0 Å². The van der Waals surface area contributed by atoms with Gasteiger partial charge in [0.05, 0.1) is 22.8 Å². The van der Waals surface area contributed by atoms with Crippen LogP contribution in [0.1, 0.15) is 11.5 Å². The minimum Gasteiger partial charge on any atom is -0.549 e. The van der Waals surface area contributed by atoms with E-state index in [0.29, 0.717) is 4.47 Å². The van der Waals surface area contributed by atoms with E-state index in [4.69, 9.17) is 0 Å². The Balaban J connectivity index is 3.43. The highest BCUT2D eigenvalue weighted by atomic mass is 79.9. The first-order chi connectivity index (χ1) is 7.84. The van der Waals surface area contributed by atoms with E-state index in [-0.39, 0.29) is 0 Å². The highest BCUT2D eigenvalue weighted by Gasteiger charge is 2.24. The molecule has 17 heavy (non-hydrogen) atoms. The average molecular weight is 302 g/mol. The van der Waals surface area contributed by atoms with Crippen LogP contribution >= 0.6 is 15.9 Å². The average Bonchev–Trinajstić information content (AvgIpc) is 2.19. The molecule has 0 aromatic heterocycles. The van der Waals surface area contributed by atoms with Crippen molar-refractivity contribution in [2.45, 2.75) is 5.92 Å². The van der Waals surface area contributed by atoms with Gasteiger partial charge in [0.2, 0.25) is 0 Å². The Kier molecular flexibility index (Phi) is 3.79. The summed E-state index contributed by atoms with van der Waals surface area (Å²) in [6.07, 6.45) is 0. The number of hydrogen-bond acceptors (Lipinski definition) is 6. The van der Waals surface area contributed by atoms with E-state index in [0.717, 1.165) is 12.1 Å². The van der Waals surface area contributed by atoms with E-state index >= 15 is 0 Å². The van der Waals surface area contributed by atoms with Gasteiger partial charge in [-0.05, 0) is 12.1 Å². The third-order valence-electron chi connectivity index (χ3n) is 1.97. The third-order valence-corrected chi connectivity index (χ3v) is 2.46. The van der Waals surface area contributed by atoms with E-state index < -0.39 is 34.0 Å². The number of halogens is 1. The van der Waals surface area contributed by atoms with Crippen LogP contribution in [0.5, 0.6) is 0 Å². The second-order valence-corrected chi connectivity index (χ2v) is 3.95. The molecule has 0 N–H and O–H groups in total. The van der Waals surface area contributed by atoms with Crippen molar-refractivity contribution in [1.29, 1.82) is 0 Å². The Morgan fingerprint density at radius 3 is 2.18 bits per heavy atom. The van der Waals surface area contributed by atoms with Crippen LogP contribution in [0.2, 0.25) is 0 Å². The molecule has 0 saturated carbocycles. The maximum atomic E-state index is 10.7. The number of carboxylic acid groups (broad SMARTS) is 2. The van der Waals surface area contributed by atoms with E-state index in [2.05, 4.69) is 15.9 Å². The van der Waals surface area contributed by atoms with Crippen LogP contribution in [0.4, 0.5) is 5.69 Å². The number of rotatable bonds is 4. The third kappa shape index (κ3) is 2.78. The summed E-state index contributed by atoms with van der Waals surface area (Å²) in [4.78, 5) is 31.1. The molecule has 0 fully saturated rings. The number of hydrogen-bond donors (Lipinski definition) is 0. The summed E-state index contributed by atoms with van der Waals surface area (Å²) in [6, 6.07) is 3.33. The lowest BCUT2D eigenvalue weighted by Crippen LogP contribution is -2.41. The van der Waals surface area contributed by atoms with Crippen molar-refractivity contribution in [3.8, 4) is 0 Å². The second kappa shape index (κ2) is 4.91. The molecule has 0 radical (unpaired) electrons. The summed E-state index contributed by atoms with van der Waals surface area (Å²) in [5.74, 6) is -6.10. The largest absolute Gasteiger partial charge is 0.549 e. The van der Waals surface area contributed by atoms with Crippen molar-refractivity contribution in [3.05, 3.63) is 38.3 Å². The molecule has 0 bridgehead atoms. The molecule has 0 unspecified atom stereocenters. The van der Waals surface area contributed by atoms with Crippen LogP contribution in [-0.4, -0.2) is 16.9 Å². The first-order valence-electron chi connectivity index (χ1n) is 4.20. The number of nitrogens with zero attached hydrogens (tertiary/aromatic N) is 1. The number of carbonyl (C=O) groups is 2. The molecule has 0 spiro atoms. The van der Waals surface area contributed by atoms with Crippen LogP contribution in [0.15, 0.2) is 22.7 Å². The topological polar surface area (TPSA) is 123 Å². The quantitative estimate of drug-likeness (QED) is 0.397. The van der Waals surface area contributed by atoms with Crippen molar-refractivity contribution in [2.24, 2.45) is 0 Å². The smallest absolute Gasteiger partial charge is 0.274 e. The molecule has 8 heteroatoms. The van der Waals surface area contributed by atoms with Crippen molar-refractivity contribution in [2.75, 3.05) is 0 Å². The minimum atomic E-state index is -2.18. The number of aliphatic carboxylic acids is 2. The van der Waals surface area contributed by atoms with Crippen LogP contribution in [-0.2, 0) is 9.59 Å². The predicted molar refractivity (Wildman–Crippen MR) is 53.6 cm³/mol. The number of nitro groups is 1. The molecule has 1 aromatic carbocycles. The Labute approximate surface area is 103 Å². The fourth-order valence-corrected chi connectivity index (χ4v) is 1.62. The molecule has 0 aliphatic rings. The Hall–Kier alpha value is -1.96. The van der Waals surface area contributed by atoms with Gasteiger partial charge in [0.1, 0.15) is 0 Å². The summed E-state index contributed by atoms with van der Waals surface area (Å²) < 4.78 is 0.323. The lowest BCUT2D eigenvalue weighted by Gasteiger charge is -2.19. The summed E-state index contributed by atoms with van der Waals surface area (Å²) >= 11 is 2.96. The van der Waals surface area contributed by atoms with Crippen LogP contribution in [0.25, 0.3) is 0 Å². The molecule has 0 atom stereocenters. The van der Waals surface area contributed by atoms with Crippen LogP contribution < -0.4 is 10.2 Å². The normalized spacial score (nSPS) is 10.2. The zero-order valence-electron chi connectivity index (χ0n) is 8.08. The molecule has 1 aromatic rings. The molecule has 0 heterocycles. The fourth-order valence-electron chi connectivity index (χ4n) is 1.27. The van der Waals surface area contributed by atoms with Gasteiger partial charge < -0.3 is 19.8 Å². The fraction of sp³-hybridized carbons (Fsp3) is 0.111. The number of carbonyl (C=O) groups excluding carboxylic acids is 2. The molecular weight excluding hydrogens is 298 g/mol. The highest BCUT2D eigenvalue weighted by Crippen LogP contribution is 2.29. The van der Waals surface area contributed by atoms with Gasteiger partial charge in [-0.1, -0.05) is 15.9 Å². The van der Waals surface area contributed by atoms with Gasteiger partial charge in [-0.3, -0.25) is 10.1 Å². The lowest BCUT2D eigenvalue weighted by atomic mass is 9.98. The van der Waals surface area contributed by atoms with Gasteiger partial charge >= 0.3 is 0 Å². The first-order valence-corrected chi connectivity index (χ1v) is 4.99. The molecule has 0 aliphatic heterocycles. The van der Waals surface area contributed by atoms with Gasteiger partial charge in [-0.2, -0.15) is 0 Å². The Morgan fingerprint density at radius 2 is 1.76 bits per heavy atom. The van der Waals surface area contributed by atoms with E-state index in [1.54, 1.807) is 0 Å². The van der Waals surface area contributed by atoms with Crippen molar-refractivity contribution in [3.63, 3.8) is 0 Å². The number of nitro benzene ring substituents is 1. The Bertz CT molecular complexity index is 486. The van der Waals surface area contributed by atoms with Crippen molar-refractivity contribution >= 4 is 33.6 Å². The van der Waals surface area contributed by atoms with Gasteiger partial charge in [0.15, 0.2) is 0 Å². The van der Waals surface area contributed by atoms with E-state index in [9.17, 15) is 29.9 Å². The molecular formula is C9H4BrNO6-2. The summed E-state index contributed by atoms with van der Waals surface area (Å²) in [5, 5.41) is 32.0. The van der Waals surface area contributed by atoms with E-state index in [1.807, 2.05) is 0 Å². The lowest BCUT2D eigenvalue weighted by molar-refractivity contribution is -0.386. The van der Waals surface area contributed by atoms with Gasteiger partial charge in [0.25, 0.3) is 5.69 Å². The first kappa shape index (κ1) is 13.1. The minimum absolute atomic E-state index is 0.323. The SMILES string of the molecule is O=C([O-])C(C(=O)[O-])c1ccc(Br)cc1[N+](=O)[O-]. The maximum absolute atomic E-state index is 10.7. The molecule has 0 aliphatic carbocycles. The molecule has 0 amide bonds. The summed E-state index contributed by atoms with van der Waals surface area (Å²) in [7, 11) is 0. The molecule has 0 saturated heterocycles. The zero-order valence-corrected chi connectivity index (χ0v) is 9.67. The number of benzene rings is 1. The summed E-state index contributed by atoms with van der Waals surface area (Å²) in [6.45, 7) is 0. The maximum Gasteiger partial charge on any atom is 0.274 e. The molecule has 1 rings (SSSR count). The Morgan fingerprint density at radius 1 is 1.24 bits per heavy atom. The monoisotopic (exact) mass is 301 g/mol. The van der Waals surface area contributed by atoms with Crippen molar-refractivity contribution in [1.82, 2.24) is 0 Å².